The third-order valence-electron chi connectivity index (χ3n) is 4.45. The normalized spacial score (nSPS) is 16.3. The quantitative estimate of drug-likeness (QED) is 0.749. The predicted molar refractivity (Wildman–Crippen MR) is 93.2 cm³/mol. The third kappa shape index (κ3) is 7.14. The Kier molecular flexibility index (Phi) is 8.12. The van der Waals surface area contributed by atoms with Crippen molar-refractivity contribution in [2.45, 2.75) is 51.1 Å². The molecule has 1 N–H and O–H groups in total. The van der Waals surface area contributed by atoms with E-state index in [9.17, 15) is 4.79 Å². The molecule has 1 aromatic rings. The Morgan fingerprint density at radius 1 is 1.17 bits per heavy atom. The van der Waals surface area contributed by atoms with E-state index in [4.69, 9.17) is 4.74 Å². The molecule has 128 valence electrons. The molecule has 0 saturated heterocycles. The lowest BCUT2D eigenvalue weighted by Gasteiger charge is -2.23. The van der Waals surface area contributed by atoms with Crippen molar-refractivity contribution in [1.82, 2.24) is 10.2 Å². The van der Waals surface area contributed by atoms with Crippen molar-refractivity contribution in [3.8, 4) is 0 Å². The summed E-state index contributed by atoms with van der Waals surface area (Å²) in [5.74, 6) is 0.143. The van der Waals surface area contributed by atoms with Gasteiger partial charge < -0.3 is 10.1 Å². The molecule has 4 heteroatoms. The fourth-order valence-electron chi connectivity index (χ4n) is 3.18. The minimum Gasteiger partial charge on any atom is -0.383 e. The highest BCUT2D eigenvalue weighted by Gasteiger charge is 2.17. The van der Waals surface area contributed by atoms with Gasteiger partial charge in [-0.15, -0.1) is 0 Å². The monoisotopic (exact) mass is 318 g/mol. The molecule has 0 aliphatic heterocycles. The summed E-state index contributed by atoms with van der Waals surface area (Å²) >= 11 is 0. The first-order valence-electron chi connectivity index (χ1n) is 8.82. The molecule has 23 heavy (non-hydrogen) atoms. The highest BCUT2D eigenvalue weighted by atomic mass is 16.5. The van der Waals surface area contributed by atoms with E-state index < -0.39 is 0 Å². The fraction of sp³-hybridized carbons (Fsp3) is 0.632. The minimum absolute atomic E-state index is 0.143. The zero-order valence-electron chi connectivity index (χ0n) is 14.3. The van der Waals surface area contributed by atoms with Gasteiger partial charge in [-0.25, -0.2) is 0 Å². The van der Waals surface area contributed by atoms with Crippen molar-refractivity contribution in [3.63, 3.8) is 0 Å². The zero-order valence-corrected chi connectivity index (χ0v) is 14.3. The molecular weight excluding hydrogens is 288 g/mol. The van der Waals surface area contributed by atoms with Crippen LogP contribution in [0.1, 0.15) is 44.1 Å². The summed E-state index contributed by atoms with van der Waals surface area (Å²) in [5.41, 5.74) is 1.23. The second-order valence-electron chi connectivity index (χ2n) is 6.45. The van der Waals surface area contributed by atoms with Gasteiger partial charge in [0.25, 0.3) is 0 Å². The largest absolute Gasteiger partial charge is 0.383 e. The van der Waals surface area contributed by atoms with Crippen LogP contribution in [0.25, 0.3) is 0 Å². The van der Waals surface area contributed by atoms with E-state index in [1.165, 1.54) is 31.2 Å². The number of hydrogen-bond acceptors (Lipinski definition) is 3. The summed E-state index contributed by atoms with van der Waals surface area (Å²) < 4.78 is 5.18. The summed E-state index contributed by atoms with van der Waals surface area (Å²) in [7, 11) is 1.70. The van der Waals surface area contributed by atoms with E-state index in [1.807, 2.05) is 18.2 Å². The number of ether oxygens (including phenoxy) is 1. The van der Waals surface area contributed by atoms with Crippen molar-refractivity contribution in [2.24, 2.45) is 0 Å². The number of amides is 1. The molecule has 0 heterocycles. The second-order valence-corrected chi connectivity index (χ2v) is 6.45. The maximum absolute atomic E-state index is 12.4. The lowest BCUT2D eigenvalue weighted by molar-refractivity contribution is -0.123. The minimum atomic E-state index is 0.143. The van der Waals surface area contributed by atoms with Crippen molar-refractivity contribution in [2.75, 3.05) is 26.8 Å². The Morgan fingerprint density at radius 3 is 2.52 bits per heavy atom. The fourth-order valence-corrected chi connectivity index (χ4v) is 3.18. The molecule has 0 spiro atoms. The summed E-state index contributed by atoms with van der Waals surface area (Å²) in [6.07, 6.45) is 7.34. The van der Waals surface area contributed by atoms with Crippen LogP contribution in [-0.4, -0.2) is 43.7 Å². The van der Waals surface area contributed by atoms with E-state index in [0.717, 1.165) is 25.9 Å². The van der Waals surface area contributed by atoms with E-state index >= 15 is 0 Å². The van der Waals surface area contributed by atoms with E-state index in [0.29, 0.717) is 19.2 Å². The Labute approximate surface area is 140 Å². The maximum atomic E-state index is 12.4. The molecule has 1 fully saturated rings. The average Bonchev–Trinajstić information content (AvgIpc) is 2.82. The van der Waals surface area contributed by atoms with Crippen LogP contribution in [0.5, 0.6) is 0 Å². The average molecular weight is 318 g/mol. The summed E-state index contributed by atoms with van der Waals surface area (Å²) in [4.78, 5) is 14.6. The van der Waals surface area contributed by atoms with Gasteiger partial charge in [0.1, 0.15) is 0 Å². The van der Waals surface area contributed by atoms with Gasteiger partial charge in [-0.05, 0) is 18.4 Å². The van der Waals surface area contributed by atoms with Crippen molar-refractivity contribution in [1.29, 1.82) is 0 Å². The number of carbonyl (C=O) groups is 1. The van der Waals surface area contributed by atoms with E-state index in [2.05, 4.69) is 22.3 Å². The Balaban J connectivity index is 1.84. The molecule has 4 nitrogen and oxygen atoms in total. The first kappa shape index (κ1) is 18.0. The molecule has 1 saturated carbocycles. The second kappa shape index (κ2) is 10.4. The SMILES string of the molecule is COCCN(CC(=O)NC1CCCCCC1)Cc1ccccc1. The van der Waals surface area contributed by atoms with Gasteiger partial charge in [0.2, 0.25) is 5.91 Å². The molecule has 0 unspecified atom stereocenters. The number of benzene rings is 1. The van der Waals surface area contributed by atoms with Crippen molar-refractivity contribution in [3.05, 3.63) is 35.9 Å². The Hall–Kier alpha value is -1.39. The van der Waals surface area contributed by atoms with E-state index in [1.54, 1.807) is 7.11 Å². The molecule has 1 aromatic carbocycles. The smallest absolute Gasteiger partial charge is 0.234 e. The number of nitrogens with zero attached hydrogens (tertiary/aromatic N) is 1. The molecule has 0 aromatic heterocycles. The van der Waals surface area contributed by atoms with Gasteiger partial charge in [0, 0.05) is 26.2 Å². The van der Waals surface area contributed by atoms with Crippen LogP contribution in [0.3, 0.4) is 0 Å². The summed E-state index contributed by atoms with van der Waals surface area (Å²) in [6.45, 7) is 2.63. The standard InChI is InChI=1S/C19H30N2O2/c1-23-14-13-21(15-17-9-5-4-6-10-17)16-19(22)20-18-11-7-2-3-8-12-18/h4-6,9-10,18H,2-3,7-8,11-16H2,1H3,(H,20,22). The molecule has 2 rings (SSSR count). The van der Waals surface area contributed by atoms with Crippen LogP contribution in [0.4, 0.5) is 0 Å². The number of nitrogens with one attached hydrogen (secondary N) is 1. The number of carbonyl (C=O) groups excluding carboxylic acids is 1. The van der Waals surface area contributed by atoms with Gasteiger partial charge in [0.05, 0.1) is 13.2 Å². The van der Waals surface area contributed by atoms with E-state index in [-0.39, 0.29) is 5.91 Å². The summed E-state index contributed by atoms with van der Waals surface area (Å²) in [6, 6.07) is 10.7. The topological polar surface area (TPSA) is 41.6 Å². The molecule has 0 radical (unpaired) electrons. The van der Waals surface area contributed by atoms with Gasteiger partial charge in [-0.2, -0.15) is 0 Å². The Morgan fingerprint density at radius 2 is 1.87 bits per heavy atom. The van der Waals surface area contributed by atoms with Crippen LogP contribution in [-0.2, 0) is 16.1 Å². The number of hydrogen-bond donors (Lipinski definition) is 1. The van der Waals surface area contributed by atoms with Crippen LogP contribution in [0.15, 0.2) is 30.3 Å². The van der Waals surface area contributed by atoms with Gasteiger partial charge >= 0.3 is 0 Å². The number of rotatable bonds is 8. The highest BCUT2D eigenvalue weighted by molar-refractivity contribution is 5.78. The van der Waals surface area contributed by atoms with Gasteiger partial charge in [-0.3, -0.25) is 9.69 Å². The molecule has 1 aliphatic carbocycles. The Bertz CT molecular complexity index is 442. The van der Waals surface area contributed by atoms with Crippen LogP contribution in [0, 0.1) is 0 Å². The number of methoxy groups -OCH3 is 1. The summed E-state index contributed by atoms with van der Waals surface area (Å²) in [5, 5.41) is 3.23. The molecule has 0 bridgehead atoms. The molecule has 0 atom stereocenters. The lowest BCUT2D eigenvalue weighted by Crippen LogP contribution is -2.42. The predicted octanol–water partition coefficient (Wildman–Crippen LogP) is 2.97. The van der Waals surface area contributed by atoms with Crippen LogP contribution >= 0.6 is 0 Å². The van der Waals surface area contributed by atoms with Gasteiger partial charge in [-0.1, -0.05) is 56.0 Å². The molecular formula is C19H30N2O2. The van der Waals surface area contributed by atoms with Crippen molar-refractivity contribution >= 4 is 5.91 Å². The first-order chi connectivity index (χ1) is 11.3. The lowest BCUT2D eigenvalue weighted by atomic mass is 10.1. The third-order valence-corrected chi connectivity index (χ3v) is 4.45. The zero-order chi connectivity index (χ0) is 16.3. The van der Waals surface area contributed by atoms with Crippen LogP contribution < -0.4 is 5.32 Å². The highest BCUT2D eigenvalue weighted by Crippen LogP contribution is 2.17. The van der Waals surface area contributed by atoms with Gasteiger partial charge in [0.15, 0.2) is 0 Å². The molecule has 1 aliphatic rings. The van der Waals surface area contributed by atoms with Crippen LogP contribution in [0.2, 0.25) is 0 Å². The molecule has 1 amide bonds. The first-order valence-corrected chi connectivity index (χ1v) is 8.82. The van der Waals surface area contributed by atoms with Crippen molar-refractivity contribution < 1.29 is 9.53 Å². The maximum Gasteiger partial charge on any atom is 0.234 e.